The van der Waals surface area contributed by atoms with Gasteiger partial charge in [0.2, 0.25) is 0 Å². The second-order valence-corrected chi connectivity index (χ2v) is 4.50. The van der Waals surface area contributed by atoms with E-state index in [1.807, 2.05) is 0 Å². The van der Waals surface area contributed by atoms with Gasteiger partial charge in [-0.3, -0.25) is 0 Å². The molecule has 0 rings (SSSR count). The quantitative estimate of drug-likeness (QED) is 0.641. The molecular weight excluding hydrogens is 252 g/mol. The lowest BCUT2D eigenvalue weighted by molar-refractivity contribution is 0.401. The first-order chi connectivity index (χ1) is 7.99. The molecule has 0 atom stereocenters. The van der Waals surface area contributed by atoms with Crippen molar-refractivity contribution in [2.75, 3.05) is 20.1 Å². The van der Waals surface area contributed by atoms with E-state index in [0.29, 0.717) is 10.2 Å². The average Bonchev–Trinajstić information content (AvgIpc) is 2.29. The van der Waals surface area contributed by atoms with Gasteiger partial charge in [-0.1, -0.05) is 26.7 Å². The van der Waals surface area contributed by atoms with Crippen LogP contribution < -0.4 is 16.8 Å². The minimum absolute atomic E-state index is 0.338. The zero-order valence-corrected chi connectivity index (χ0v) is 12.8. The van der Waals surface area contributed by atoms with Crippen LogP contribution in [0, 0.1) is 0 Å². The van der Waals surface area contributed by atoms with Crippen molar-refractivity contribution in [2.24, 2.45) is 11.5 Å². The Hall–Kier alpha value is -0.620. The molecule has 0 aromatic rings. The monoisotopic (exact) mass is 278 g/mol. The van der Waals surface area contributed by atoms with Gasteiger partial charge in [0.05, 0.1) is 0 Å². The van der Waals surface area contributed by atoms with Gasteiger partial charge >= 0.3 is 0 Å². The van der Waals surface area contributed by atoms with Gasteiger partial charge in [-0.2, -0.15) is 0 Å². The van der Waals surface area contributed by atoms with E-state index in [2.05, 4.69) is 36.3 Å². The molecule has 0 saturated carbocycles. The first-order valence-electron chi connectivity index (χ1n) is 6.01. The van der Waals surface area contributed by atoms with Gasteiger partial charge in [0.15, 0.2) is 10.2 Å². The Bertz CT molecular complexity index is 202. The maximum atomic E-state index is 5.58. The highest BCUT2D eigenvalue weighted by atomic mass is 32.1. The SMILES string of the molecule is CCCCN(CCCC)C(N)=S.CNC(N)=S. The van der Waals surface area contributed by atoms with Crippen LogP contribution in [-0.2, 0) is 0 Å². The first-order valence-corrected chi connectivity index (χ1v) is 6.82. The minimum Gasteiger partial charge on any atom is -0.376 e. The predicted octanol–water partition coefficient (Wildman–Crippen LogP) is 1.58. The summed E-state index contributed by atoms with van der Waals surface area (Å²) in [5, 5.41) is 3.43. The van der Waals surface area contributed by atoms with E-state index in [9.17, 15) is 0 Å². The fourth-order valence-corrected chi connectivity index (χ4v) is 1.21. The van der Waals surface area contributed by atoms with Crippen LogP contribution in [0.3, 0.4) is 0 Å². The third-order valence-corrected chi connectivity index (χ3v) is 2.58. The summed E-state index contributed by atoms with van der Waals surface area (Å²) >= 11 is 9.31. The highest BCUT2D eigenvalue weighted by Crippen LogP contribution is 1.98. The topological polar surface area (TPSA) is 67.3 Å². The van der Waals surface area contributed by atoms with Crippen LogP contribution in [0.25, 0.3) is 0 Å². The molecule has 6 heteroatoms. The Labute approximate surface area is 116 Å². The van der Waals surface area contributed by atoms with Gasteiger partial charge in [-0.05, 0) is 37.3 Å². The highest BCUT2D eigenvalue weighted by Gasteiger charge is 2.03. The van der Waals surface area contributed by atoms with Gasteiger partial charge in [0.25, 0.3) is 0 Å². The van der Waals surface area contributed by atoms with E-state index in [0.717, 1.165) is 13.1 Å². The molecule has 4 nitrogen and oxygen atoms in total. The van der Waals surface area contributed by atoms with Crippen LogP contribution in [0.1, 0.15) is 39.5 Å². The molecule has 0 aliphatic heterocycles. The predicted molar refractivity (Wildman–Crippen MR) is 84.0 cm³/mol. The van der Waals surface area contributed by atoms with E-state index in [1.54, 1.807) is 7.05 Å². The zero-order valence-electron chi connectivity index (χ0n) is 11.2. The number of hydrogen-bond donors (Lipinski definition) is 3. The molecule has 0 fully saturated rings. The van der Waals surface area contributed by atoms with E-state index >= 15 is 0 Å². The Kier molecular flexibility index (Phi) is 14.8. The standard InChI is InChI=1S/C9H20N2S.C2H6N2S/c1-3-5-7-11(9(10)12)8-6-4-2;1-4-2(3)5/h3-8H2,1-2H3,(H2,10,12);1H3,(H3,3,4,5). The first kappa shape index (κ1) is 18.7. The van der Waals surface area contributed by atoms with Gasteiger partial charge in [-0.15, -0.1) is 0 Å². The molecule has 0 aromatic heterocycles. The van der Waals surface area contributed by atoms with E-state index in [1.165, 1.54) is 25.7 Å². The number of rotatable bonds is 6. The molecule has 0 bridgehead atoms. The van der Waals surface area contributed by atoms with Crippen LogP contribution in [0.5, 0.6) is 0 Å². The van der Waals surface area contributed by atoms with Gasteiger partial charge in [-0.25, -0.2) is 0 Å². The Morgan fingerprint density at radius 2 is 1.41 bits per heavy atom. The fourth-order valence-electron chi connectivity index (χ4n) is 1.03. The number of unbranched alkanes of at least 4 members (excludes halogenated alkanes) is 2. The molecule has 0 radical (unpaired) electrons. The van der Waals surface area contributed by atoms with Crippen molar-refractivity contribution in [3.63, 3.8) is 0 Å². The molecule has 0 heterocycles. The van der Waals surface area contributed by atoms with E-state index in [-0.39, 0.29) is 0 Å². The van der Waals surface area contributed by atoms with Crippen LogP contribution in [0.15, 0.2) is 0 Å². The molecule has 0 amide bonds. The number of nitrogens with zero attached hydrogens (tertiary/aromatic N) is 1. The molecule has 0 unspecified atom stereocenters. The molecule has 0 aliphatic carbocycles. The lowest BCUT2D eigenvalue weighted by atomic mass is 10.3. The minimum atomic E-state index is 0.338. The van der Waals surface area contributed by atoms with Gasteiger partial charge < -0.3 is 21.7 Å². The number of nitrogens with two attached hydrogens (primary N) is 2. The Morgan fingerprint density at radius 1 is 1.06 bits per heavy atom. The normalized spacial score (nSPS) is 8.88. The van der Waals surface area contributed by atoms with Crippen LogP contribution >= 0.6 is 24.4 Å². The molecule has 5 N–H and O–H groups in total. The average molecular weight is 278 g/mol. The van der Waals surface area contributed by atoms with Crippen molar-refractivity contribution >= 4 is 34.7 Å². The molecular formula is C11H26N4S2. The maximum Gasteiger partial charge on any atom is 0.166 e. The summed E-state index contributed by atoms with van der Waals surface area (Å²) in [7, 11) is 1.68. The summed E-state index contributed by atoms with van der Waals surface area (Å²) < 4.78 is 0. The highest BCUT2D eigenvalue weighted by molar-refractivity contribution is 7.80. The lowest BCUT2D eigenvalue weighted by Gasteiger charge is -2.21. The summed E-state index contributed by atoms with van der Waals surface area (Å²) in [4.78, 5) is 2.10. The molecule has 0 spiro atoms. The molecule has 17 heavy (non-hydrogen) atoms. The Balaban J connectivity index is 0. The second-order valence-electron chi connectivity index (χ2n) is 3.65. The summed E-state index contributed by atoms with van der Waals surface area (Å²) in [6.45, 7) is 6.40. The fraction of sp³-hybridized carbons (Fsp3) is 0.818. The van der Waals surface area contributed by atoms with Crippen molar-refractivity contribution in [2.45, 2.75) is 39.5 Å². The summed E-state index contributed by atoms with van der Waals surface area (Å²) in [5.41, 5.74) is 10.5. The third kappa shape index (κ3) is 15.4. The Morgan fingerprint density at radius 3 is 1.59 bits per heavy atom. The zero-order chi connectivity index (χ0) is 13.7. The summed E-state index contributed by atoms with van der Waals surface area (Å²) in [6.07, 6.45) is 4.76. The third-order valence-electron chi connectivity index (χ3n) is 2.12. The number of thiocarbonyl (C=S) groups is 2. The molecule has 0 saturated heterocycles. The van der Waals surface area contributed by atoms with Crippen LogP contribution in [0.2, 0.25) is 0 Å². The largest absolute Gasteiger partial charge is 0.376 e. The smallest absolute Gasteiger partial charge is 0.166 e. The van der Waals surface area contributed by atoms with Crippen molar-refractivity contribution < 1.29 is 0 Å². The molecule has 0 aromatic carbocycles. The maximum absolute atomic E-state index is 5.58. The number of nitrogens with one attached hydrogen (secondary N) is 1. The van der Waals surface area contributed by atoms with Crippen molar-refractivity contribution in [3.8, 4) is 0 Å². The van der Waals surface area contributed by atoms with Crippen LogP contribution in [-0.4, -0.2) is 35.3 Å². The van der Waals surface area contributed by atoms with Crippen molar-refractivity contribution in [1.82, 2.24) is 10.2 Å². The van der Waals surface area contributed by atoms with E-state index < -0.39 is 0 Å². The van der Waals surface area contributed by atoms with E-state index in [4.69, 9.17) is 23.7 Å². The van der Waals surface area contributed by atoms with Crippen molar-refractivity contribution in [1.29, 1.82) is 0 Å². The molecule has 0 aliphatic rings. The van der Waals surface area contributed by atoms with Gasteiger partial charge in [0, 0.05) is 20.1 Å². The number of hydrogen-bond acceptors (Lipinski definition) is 2. The summed E-state index contributed by atoms with van der Waals surface area (Å²) in [5.74, 6) is 0. The molecule has 102 valence electrons. The lowest BCUT2D eigenvalue weighted by Crippen LogP contribution is -2.36. The summed E-state index contributed by atoms with van der Waals surface area (Å²) in [6, 6.07) is 0. The van der Waals surface area contributed by atoms with Crippen molar-refractivity contribution in [3.05, 3.63) is 0 Å². The second kappa shape index (κ2) is 13.4. The van der Waals surface area contributed by atoms with Crippen LogP contribution in [0.4, 0.5) is 0 Å². The van der Waals surface area contributed by atoms with Gasteiger partial charge in [0.1, 0.15) is 0 Å².